The van der Waals surface area contributed by atoms with Crippen molar-refractivity contribution in [1.29, 1.82) is 0 Å². The van der Waals surface area contributed by atoms with Gasteiger partial charge >= 0.3 is 0 Å². The molecule has 0 fully saturated rings. The van der Waals surface area contributed by atoms with Crippen LogP contribution >= 0.6 is 27.5 Å². The molecule has 4 nitrogen and oxygen atoms in total. The first-order valence-electron chi connectivity index (χ1n) is 6.70. The Balaban J connectivity index is 3.01. The van der Waals surface area contributed by atoms with Crippen LogP contribution in [0.25, 0.3) is 0 Å². The van der Waals surface area contributed by atoms with Crippen LogP contribution in [0.15, 0.2) is 23.2 Å². The second-order valence-electron chi connectivity index (χ2n) is 4.27. The number of ether oxygens (including phenoxy) is 2. The van der Waals surface area contributed by atoms with Crippen molar-refractivity contribution >= 4 is 33.4 Å². The van der Waals surface area contributed by atoms with Crippen LogP contribution in [0.2, 0.25) is 5.02 Å². The minimum atomic E-state index is -0.250. The maximum absolute atomic E-state index is 12.1. The molecule has 0 bridgehead atoms. The van der Waals surface area contributed by atoms with Gasteiger partial charge in [-0.15, -0.1) is 0 Å². The van der Waals surface area contributed by atoms with Gasteiger partial charge in [0.25, 0.3) is 5.91 Å². The van der Waals surface area contributed by atoms with Crippen molar-refractivity contribution in [3.63, 3.8) is 0 Å². The highest BCUT2D eigenvalue weighted by atomic mass is 79.9. The predicted molar refractivity (Wildman–Crippen MR) is 88.8 cm³/mol. The number of halogens is 2. The molecule has 0 aliphatic heterocycles. The van der Waals surface area contributed by atoms with Crippen molar-refractivity contribution in [3.05, 3.63) is 33.8 Å². The Morgan fingerprint density at radius 2 is 2.10 bits per heavy atom. The molecule has 0 saturated heterocycles. The number of rotatable bonds is 8. The van der Waals surface area contributed by atoms with E-state index in [0.717, 1.165) is 6.42 Å². The van der Waals surface area contributed by atoms with Crippen molar-refractivity contribution < 1.29 is 14.3 Å². The van der Waals surface area contributed by atoms with Crippen LogP contribution in [-0.2, 0) is 0 Å². The van der Waals surface area contributed by atoms with Gasteiger partial charge in [-0.25, -0.2) is 0 Å². The molecule has 0 spiro atoms. The molecule has 21 heavy (non-hydrogen) atoms. The Labute approximate surface area is 138 Å². The quantitative estimate of drug-likeness (QED) is 0.741. The molecular weight excluding hydrogens is 358 g/mol. The highest BCUT2D eigenvalue weighted by molar-refractivity contribution is 9.11. The van der Waals surface area contributed by atoms with Gasteiger partial charge < -0.3 is 14.8 Å². The summed E-state index contributed by atoms with van der Waals surface area (Å²) in [5.41, 5.74) is 0.418. The van der Waals surface area contributed by atoms with E-state index in [1.165, 1.54) is 0 Å². The first-order valence-corrected chi connectivity index (χ1v) is 7.87. The van der Waals surface area contributed by atoms with Crippen LogP contribution in [0.3, 0.4) is 0 Å². The number of benzene rings is 1. The van der Waals surface area contributed by atoms with Crippen molar-refractivity contribution in [1.82, 2.24) is 5.32 Å². The Kier molecular flexibility index (Phi) is 7.61. The minimum absolute atomic E-state index is 0.250. The first kappa shape index (κ1) is 17.9. The summed E-state index contributed by atoms with van der Waals surface area (Å²) in [7, 11) is 0. The molecule has 0 radical (unpaired) electrons. The third-order valence-electron chi connectivity index (χ3n) is 2.46. The van der Waals surface area contributed by atoms with Gasteiger partial charge in [0.15, 0.2) is 11.5 Å². The van der Waals surface area contributed by atoms with E-state index in [-0.39, 0.29) is 5.91 Å². The molecule has 1 aromatic rings. The molecule has 1 amide bonds. The molecule has 0 aliphatic rings. The van der Waals surface area contributed by atoms with Gasteiger partial charge in [-0.1, -0.05) is 41.0 Å². The van der Waals surface area contributed by atoms with Gasteiger partial charge in [0.1, 0.15) is 0 Å². The molecule has 0 aromatic heterocycles. The number of hydrogen-bond donors (Lipinski definition) is 1. The fraction of sp³-hybridized carbons (Fsp3) is 0.400. The van der Waals surface area contributed by atoms with Crippen molar-refractivity contribution in [2.75, 3.05) is 19.8 Å². The molecule has 1 N–H and O–H groups in total. The Bertz CT molecular complexity index is 520. The lowest BCUT2D eigenvalue weighted by Crippen LogP contribution is -2.24. The van der Waals surface area contributed by atoms with Crippen molar-refractivity contribution in [3.8, 4) is 11.5 Å². The van der Waals surface area contributed by atoms with Crippen LogP contribution in [0.4, 0.5) is 0 Å². The van der Waals surface area contributed by atoms with Crippen LogP contribution in [0.1, 0.15) is 30.6 Å². The molecule has 0 unspecified atom stereocenters. The van der Waals surface area contributed by atoms with Gasteiger partial charge in [-0.3, -0.25) is 4.79 Å². The van der Waals surface area contributed by atoms with E-state index in [4.69, 9.17) is 21.1 Å². The van der Waals surface area contributed by atoms with E-state index in [0.29, 0.717) is 46.3 Å². The predicted octanol–water partition coefficient (Wildman–Crippen LogP) is 4.17. The summed E-state index contributed by atoms with van der Waals surface area (Å²) in [5.74, 6) is 0.698. The van der Waals surface area contributed by atoms with Gasteiger partial charge in [-0.2, -0.15) is 0 Å². The Morgan fingerprint density at radius 3 is 2.67 bits per heavy atom. The molecule has 6 heteroatoms. The van der Waals surface area contributed by atoms with E-state index < -0.39 is 0 Å². The normalized spacial score (nSPS) is 10.1. The van der Waals surface area contributed by atoms with Gasteiger partial charge in [0.05, 0.1) is 18.2 Å². The van der Waals surface area contributed by atoms with E-state index in [9.17, 15) is 4.79 Å². The summed E-state index contributed by atoms with van der Waals surface area (Å²) < 4.78 is 11.8. The topological polar surface area (TPSA) is 47.6 Å². The molecule has 0 saturated carbocycles. The third-order valence-corrected chi connectivity index (χ3v) is 3.02. The maximum Gasteiger partial charge on any atom is 0.251 e. The van der Waals surface area contributed by atoms with E-state index in [1.807, 2.05) is 13.8 Å². The largest absolute Gasteiger partial charge is 0.490 e. The standard InChI is InChI=1S/C15H19BrClNO3/c1-4-6-21-14-12(17)7-11(8-13(14)20-5-2)15(19)18-9-10(3)16/h7-8H,3-6,9H2,1-2H3,(H,18,19). The fourth-order valence-electron chi connectivity index (χ4n) is 1.58. The number of nitrogens with one attached hydrogen (secondary N) is 1. The van der Waals surface area contributed by atoms with Gasteiger partial charge in [0.2, 0.25) is 0 Å². The van der Waals surface area contributed by atoms with E-state index in [2.05, 4.69) is 27.8 Å². The van der Waals surface area contributed by atoms with Crippen LogP contribution in [-0.4, -0.2) is 25.7 Å². The SMILES string of the molecule is C=C(Br)CNC(=O)c1cc(Cl)c(OCCC)c(OCC)c1. The van der Waals surface area contributed by atoms with Gasteiger partial charge in [0, 0.05) is 16.6 Å². The zero-order valence-corrected chi connectivity index (χ0v) is 14.5. The summed E-state index contributed by atoms with van der Waals surface area (Å²) in [6.07, 6.45) is 0.859. The molecule has 1 rings (SSSR count). The lowest BCUT2D eigenvalue weighted by atomic mass is 10.2. The Morgan fingerprint density at radius 1 is 1.38 bits per heavy atom. The summed E-state index contributed by atoms with van der Waals surface area (Å²) in [4.78, 5) is 12.1. The highest BCUT2D eigenvalue weighted by Gasteiger charge is 2.16. The molecule has 0 aliphatic carbocycles. The summed E-state index contributed by atoms with van der Waals surface area (Å²) >= 11 is 9.39. The summed E-state index contributed by atoms with van der Waals surface area (Å²) in [5, 5.41) is 3.08. The monoisotopic (exact) mass is 375 g/mol. The van der Waals surface area contributed by atoms with Crippen molar-refractivity contribution in [2.24, 2.45) is 0 Å². The smallest absolute Gasteiger partial charge is 0.251 e. The second-order valence-corrected chi connectivity index (χ2v) is 5.80. The maximum atomic E-state index is 12.1. The van der Waals surface area contributed by atoms with Crippen LogP contribution in [0.5, 0.6) is 11.5 Å². The van der Waals surface area contributed by atoms with Crippen LogP contribution < -0.4 is 14.8 Å². The molecule has 116 valence electrons. The summed E-state index contributed by atoms with van der Waals surface area (Å²) in [6.45, 7) is 8.87. The zero-order chi connectivity index (χ0) is 15.8. The van der Waals surface area contributed by atoms with Gasteiger partial charge in [-0.05, 0) is 25.5 Å². The second kappa shape index (κ2) is 8.95. The number of carbonyl (C=O) groups excluding carboxylic acids is 1. The lowest BCUT2D eigenvalue weighted by Gasteiger charge is -2.14. The number of amides is 1. The third kappa shape index (κ3) is 5.59. The summed E-state index contributed by atoms with van der Waals surface area (Å²) in [6, 6.07) is 3.20. The van der Waals surface area contributed by atoms with E-state index in [1.54, 1.807) is 12.1 Å². The fourth-order valence-corrected chi connectivity index (χ4v) is 1.99. The first-order chi connectivity index (χ1) is 9.99. The molecular formula is C15H19BrClNO3. The Hall–Kier alpha value is -1.20. The average molecular weight is 377 g/mol. The minimum Gasteiger partial charge on any atom is -0.490 e. The number of carbonyl (C=O) groups is 1. The molecule has 0 heterocycles. The highest BCUT2D eigenvalue weighted by Crippen LogP contribution is 2.36. The molecule has 0 atom stereocenters. The lowest BCUT2D eigenvalue weighted by molar-refractivity contribution is 0.0957. The van der Waals surface area contributed by atoms with E-state index >= 15 is 0 Å². The molecule has 1 aromatic carbocycles. The number of hydrogen-bond acceptors (Lipinski definition) is 3. The van der Waals surface area contributed by atoms with Crippen molar-refractivity contribution in [2.45, 2.75) is 20.3 Å². The van der Waals surface area contributed by atoms with Crippen LogP contribution in [0, 0.1) is 0 Å². The average Bonchev–Trinajstić information content (AvgIpc) is 2.44. The zero-order valence-electron chi connectivity index (χ0n) is 12.2.